The predicted molar refractivity (Wildman–Crippen MR) is 156 cm³/mol. The van der Waals surface area contributed by atoms with E-state index >= 15 is 0 Å². The summed E-state index contributed by atoms with van der Waals surface area (Å²) in [5, 5.41) is 11.6. The van der Waals surface area contributed by atoms with Crippen LogP contribution in [0.1, 0.15) is 50.3 Å². The number of hydrogen-bond donors (Lipinski definition) is 1. The van der Waals surface area contributed by atoms with Crippen LogP contribution in [0.2, 0.25) is 0 Å². The van der Waals surface area contributed by atoms with E-state index in [1.54, 1.807) is 23.1 Å². The van der Waals surface area contributed by atoms with Crippen molar-refractivity contribution >= 4 is 17.4 Å². The predicted octanol–water partition coefficient (Wildman–Crippen LogP) is 4.18. The minimum atomic E-state index is -0.812. The second-order valence-corrected chi connectivity index (χ2v) is 10.5. The first-order valence-corrected chi connectivity index (χ1v) is 14.9. The summed E-state index contributed by atoms with van der Waals surface area (Å²) in [6.45, 7) is 9.50. The molecule has 2 aromatic rings. The molecule has 226 valence electrons. The summed E-state index contributed by atoms with van der Waals surface area (Å²) in [4.78, 5) is 30.8. The number of morpholine rings is 1. The molecule has 2 fully saturated rings. The molecule has 2 aromatic carbocycles. The maximum Gasteiger partial charge on any atom is 0.295 e. The third-order valence-corrected chi connectivity index (χ3v) is 7.71. The number of aliphatic hydroxyl groups is 1. The number of aliphatic hydroxyl groups excluding tert-OH is 1. The van der Waals surface area contributed by atoms with Gasteiger partial charge < -0.3 is 33.7 Å². The van der Waals surface area contributed by atoms with Crippen LogP contribution in [0.4, 0.5) is 0 Å². The first-order valence-electron chi connectivity index (χ1n) is 14.9. The van der Waals surface area contributed by atoms with Crippen molar-refractivity contribution < 1.29 is 38.4 Å². The van der Waals surface area contributed by atoms with E-state index in [1.165, 1.54) is 0 Å². The van der Waals surface area contributed by atoms with Crippen LogP contribution >= 0.6 is 0 Å². The van der Waals surface area contributed by atoms with Crippen molar-refractivity contribution in [2.75, 3.05) is 65.8 Å². The molecule has 3 aliphatic rings. The first kappa shape index (κ1) is 29.7. The van der Waals surface area contributed by atoms with Gasteiger partial charge in [0.1, 0.15) is 19.0 Å². The molecule has 0 aliphatic carbocycles. The summed E-state index contributed by atoms with van der Waals surface area (Å²) >= 11 is 0. The fourth-order valence-corrected chi connectivity index (χ4v) is 5.49. The molecule has 10 nitrogen and oxygen atoms in total. The number of carbonyl (C=O) groups excluding carboxylic acids is 2. The largest absolute Gasteiger partial charge is 0.507 e. The average molecular weight is 581 g/mol. The van der Waals surface area contributed by atoms with E-state index < -0.39 is 17.7 Å². The lowest BCUT2D eigenvalue weighted by Crippen LogP contribution is -2.42. The molecule has 0 radical (unpaired) electrons. The van der Waals surface area contributed by atoms with E-state index in [2.05, 4.69) is 11.8 Å². The summed E-state index contributed by atoms with van der Waals surface area (Å²) < 4.78 is 28.7. The number of Topliss-reactive ketones (excluding diaryl/α,β-unsaturated/α-hetero) is 1. The Morgan fingerprint density at radius 3 is 2.45 bits per heavy atom. The molecular formula is C32H40N2O8. The molecule has 0 saturated carbocycles. The second-order valence-electron chi connectivity index (χ2n) is 10.5. The molecule has 0 bridgehead atoms. The van der Waals surface area contributed by atoms with Crippen LogP contribution < -0.4 is 18.9 Å². The summed E-state index contributed by atoms with van der Waals surface area (Å²) in [5.74, 6) is 0.542. The Kier molecular flexibility index (Phi) is 9.86. The lowest BCUT2D eigenvalue weighted by atomic mass is 9.94. The van der Waals surface area contributed by atoms with E-state index in [1.807, 2.05) is 25.1 Å². The number of rotatable bonds is 12. The van der Waals surface area contributed by atoms with E-state index in [-0.39, 0.29) is 11.3 Å². The van der Waals surface area contributed by atoms with Crippen LogP contribution in [-0.2, 0) is 14.3 Å². The van der Waals surface area contributed by atoms with Gasteiger partial charge in [-0.15, -0.1) is 0 Å². The van der Waals surface area contributed by atoms with Crippen molar-refractivity contribution in [1.29, 1.82) is 0 Å². The molecule has 1 N–H and O–H groups in total. The van der Waals surface area contributed by atoms with Gasteiger partial charge in [-0.3, -0.25) is 14.5 Å². The van der Waals surface area contributed by atoms with Crippen LogP contribution in [0, 0.1) is 0 Å². The highest BCUT2D eigenvalue weighted by atomic mass is 16.6. The highest BCUT2D eigenvalue weighted by molar-refractivity contribution is 6.46. The van der Waals surface area contributed by atoms with Crippen LogP contribution in [0.5, 0.6) is 23.0 Å². The first-order chi connectivity index (χ1) is 20.5. The van der Waals surface area contributed by atoms with Crippen molar-refractivity contribution in [1.82, 2.24) is 9.80 Å². The van der Waals surface area contributed by atoms with Crippen molar-refractivity contribution in [3.05, 3.63) is 53.1 Å². The molecule has 42 heavy (non-hydrogen) atoms. The minimum Gasteiger partial charge on any atom is -0.507 e. The fourth-order valence-electron chi connectivity index (χ4n) is 5.49. The topological polar surface area (TPSA) is 107 Å². The van der Waals surface area contributed by atoms with E-state index in [0.29, 0.717) is 86.9 Å². The molecule has 1 atom stereocenters. The van der Waals surface area contributed by atoms with Crippen LogP contribution in [0.3, 0.4) is 0 Å². The molecular weight excluding hydrogens is 540 g/mol. The van der Waals surface area contributed by atoms with Gasteiger partial charge in [-0.05, 0) is 49.2 Å². The summed E-state index contributed by atoms with van der Waals surface area (Å²) in [5.41, 5.74) is 1.05. The van der Waals surface area contributed by atoms with Gasteiger partial charge in [0.15, 0.2) is 23.0 Å². The number of benzene rings is 2. The van der Waals surface area contributed by atoms with Crippen LogP contribution in [-0.4, -0.2) is 92.4 Å². The molecule has 1 amide bonds. The van der Waals surface area contributed by atoms with Crippen LogP contribution in [0.15, 0.2) is 42.0 Å². The molecule has 5 rings (SSSR count). The number of likely N-dealkylation sites (tertiary alicyclic amines) is 1. The fraction of sp³-hybridized carbons (Fsp3) is 0.500. The Labute approximate surface area is 246 Å². The molecule has 3 aliphatic heterocycles. The van der Waals surface area contributed by atoms with Gasteiger partial charge in [-0.1, -0.05) is 25.8 Å². The lowest BCUT2D eigenvalue weighted by molar-refractivity contribution is -0.140. The average Bonchev–Trinajstić information content (AvgIpc) is 3.27. The third kappa shape index (κ3) is 6.50. The Balaban J connectivity index is 1.53. The van der Waals surface area contributed by atoms with Gasteiger partial charge in [-0.2, -0.15) is 0 Å². The van der Waals surface area contributed by atoms with E-state index in [9.17, 15) is 14.7 Å². The number of carbonyl (C=O) groups is 2. The van der Waals surface area contributed by atoms with Crippen LogP contribution in [0.25, 0.3) is 5.76 Å². The van der Waals surface area contributed by atoms with Crippen molar-refractivity contribution in [3.63, 3.8) is 0 Å². The number of ketones is 1. The SMILES string of the molecule is CCCCCOc1ccc([C@@H]2/C(=C(\O)c3ccc4c(c3)OCCO4)C(=O)C(=O)N2CCN2CCOCC2)cc1OCC. The zero-order valence-corrected chi connectivity index (χ0v) is 24.4. The highest BCUT2D eigenvalue weighted by Crippen LogP contribution is 2.43. The van der Waals surface area contributed by atoms with E-state index in [0.717, 1.165) is 32.4 Å². The monoisotopic (exact) mass is 580 g/mol. The summed E-state index contributed by atoms with van der Waals surface area (Å²) in [7, 11) is 0. The molecule has 0 spiro atoms. The number of hydrogen-bond acceptors (Lipinski definition) is 9. The highest BCUT2D eigenvalue weighted by Gasteiger charge is 2.46. The zero-order chi connectivity index (χ0) is 29.5. The van der Waals surface area contributed by atoms with E-state index in [4.69, 9.17) is 23.7 Å². The van der Waals surface area contributed by atoms with Gasteiger partial charge in [0.05, 0.1) is 38.0 Å². The molecule has 0 aromatic heterocycles. The Bertz CT molecular complexity index is 1300. The van der Waals surface area contributed by atoms with Gasteiger partial charge >= 0.3 is 0 Å². The smallest absolute Gasteiger partial charge is 0.295 e. The molecule has 0 unspecified atom stereocenters. The zero-order valence-electron chi connectivity index (χ0n) is 24.4. The summed E-state index contributed by atoms with van der Waals surface area (Å²) in [6, 6.07) is 9.67. The normalized spacial score (nSPS) is 20.1. The minimum absolute atomic E-state index is 0.0257. The number of nitrogens with zero attached hydrogens (tertiary/aromatic N) is 2. The van der Waals surface area contributed by atoms with Gasteiger partial charge in [-0.25, -0.2) is 0 Å². The maximum absolute atomic E-state index is 13.6. The Hall–Kier alpha value is -3.76. The number of amides is 1. The second kappa shape index (κ2) is 13.9. The third-order valence-electron chi connectivity index (χ3n) is 7.71. The van der Waals surface area contributed by atoms with Crippen molar-refractivity contribution in [2.45, 2.75) is 39.2 Å². The Morgan fingerprint density at radius 1 is 0.905 bits per heavy atom. The van der Waals surface area contributed by atoms with Gasteiger partial charge in [0, 0.05) is 31.7 Å². The lowest BCUT2D eigenvalue weighted by Gasteiger charge is -2.31. The van der Waals surface area contributed by atoms with Crippen molar-refractivity contribution in [2.24, 2.45) is 0 Å². The number of ether oxygens (including phenoxy) is 5. The van der Waals surface area contributed by atoms with Gasteiger partial charge in [0.2, 0.25) is 0 Å². The quantitative estimate of drug-likeness (QED) is 0.171. The maximum atomic E-state index is 13.6. The number of fused-ring (bicyclic) bond motifs is 1. The molecule has 3 heterocycles. The molecule has 10 heteroatoms. The summed E-state index contributed by atoms with van der Waals surface area (Å²) in [6.07, 6.45) is 3.09. The molecule has 2 saturated heterocycles. The standard InChI is InChI=1S/C32H40N2O8/c1-3-5-6-15-40-24-9-7-22(20-26(24)39-4-2)29-28(30(35)23-8-10-25-27(21-23)42-19-18-41-25)31(36)32(37)34(29)12-11-33-13-16-38-17-14-33/h7-10,20-21,29,35H,3-6,11-19H2,1-2H3/b30-28+/t29-/m1/s1. The van der Waals surface area contributed by atoms with Gasteiger partial charge in [0.25, 0.3) is 11.7 Å². The Morgan fingerprint density at radius 2 is 1.69 bits per heavy atom. The van der Waals surface area contributed by atoms with Crippen molar-refractivity contribution in [3.8, 4) is 23.0 Å². The number of unbranched alkanes of at least 4 members (excludes halogenated alkanes) is 2.